The maximum atomic E-state index is 13.7. The van der Waals surface area contributed by atoms with Crippen LogP contribution in [0.5, 0.6) is 0 Å². The first-order chi connectivity index (χ1) is 16.8. The predicted octanol–water partition coefficient (Wildman–Crippen LogP) is 5.65. The zero-order valence-corrected chi connectivity index (χ0v) is 21.6. The molecular formula is C29H34N2O3S. The lowest BCUT2D eigenvalue weighted by Gasteiger charge is -2.27. The highest BCUT2D eigenvalue weighted by molar-refractivity contribution is 7.92. The number of fused-ring (bicyclic) bond motifs is 1. The van der Waals surface area contributed by atoms with Crippen molar-refractivity contribution in [3.05, 3.63) is 94.5 Å². The van der Waals surface area contributed by atoms with Gasteiger partial charge in [-0.1, -0.05) is 55.5 Å². The second-order valence-corrected chi connectivity index (χ2v) is 11.2. The Labute approximate surface area is 209 Å². The first kappa shape index (κ1) is 25.0. The van der Waals surface area contributed by atoms with Crippen molar-refractivity contribution in [3.63, 3.8) is 0 Å². The summed E-state index contributed by atoms with van der Waals surface area (Å²) >= 11 is 0. The number of rotatable bonds is 8. The van der Waals surface area contributed by atoms with Crippen LogP contribution >= 0.6 is 0 Å². The van der Waals surface area contributed by atoms with Crippen LogP contribution in [0.15, 0.2) is 71.6 Å². The van der Waals surface area contributed by atoms with Crippen molar-refractivity contribution in [2.75, 3.05) is 10.8 Å². The first-order valence-electron chi connectivity index (χ1n) is 12.4. The molecule has 1 N–H and O–H groups in total. The molecule has 3 aromatic rings. The highest BCUT2D eigenvalue weighted by Crippen LogP contribution is 2.29. The fourth-order valence-corrected chi connectivity index (χ4v) is 6.29. The van der Waals surface area contributed by atoms with Crippen molar-refractivity contribution in [2.24, 2.45) is 0 Å². The van der Waals surface area contributed by atoms with Gasteiger partial charge < -0.3 is 5.32 Å². The Morgan fingerprint density at radius 2 is 1.66 bits per heavy atom. The smallest absolute Gasteiger partial charge is 0.264 e. The minimum absolute atomic E-state index is 0.162. The van der Waals surface area contributed by atoms with Crippen molar-refractivity contribution in [1.82, 2.24) is 5.32 Å². The number of hydrogen-bond donors (Lipinski definition) is 1. The third kappa shape index (κ3) is 5.43. The normalized spacial score (nSPS) is 14.1. The molecule has 184 valence electrons. The number of hydrogen-bond acceptors (Lipinski definition) is 3. The minimum atomic E-state index is -3.94. The van der Waals surface area contributed by atoms with Crippen LogP contribution in [0.4, 0.5) is 5.69 Å². The van der Waals surface area contributed by atoms with Crippen LogP contribution < -0.4 is 9.62 Å². The second-order valence-electron chi connectivity index (χ2n) is 9.31. The molecule has 35 heavy (non-hydrogen) atoms. The van der Waals surface area contributed by atoms with E-state index in [2.05, 4.69) is 23.5 Å². The molecule has 0 saturated carbocycles. The predicted molar refractivity (Wildman–Crippen MR) is 141 cm³/mol. The van der Waals surface area contributed by atoms with Crippen molar-refractivity contribution in [3.8, 4) is 0 Å². The van der Waals surface area contributed by atoms with Crippen LogP contribution in [0.2, 0.25) is 0 Å². The van der Waals surface area contributed by atoms with Gasteiger partial charge in [-0.05, 0) is 92.0 Å². The number of carbonyl (C=O) groups is 1. The average molecular weight is 491 g/mol. The Morgan fingerprint density at radius 3 is 2.37 bits per heavy atom. The number of aryl methyl sites for hydroxylation is 3. The van der Waals surface area contributed by atoms with E-state index in [1.807, 2.05) is 32.9 Å². The molecule has 6 heteroatoms. The molecule has 1 aliphatic rings. The van der Waals surface area contributed by atoms with Gasteiger partial charge in [-0.15, -0.1) is 0 Å². The Morgan fingerprint density at radius 1 is 0.943 bits per heavy atom. The lowest BCUT2D eigenvalue weighted by molar-refractivity contribution is -0.120. The molecule has 4 rings (SSSR count). The van der Waals surface area contributed by atoms with Crippen LogP contribution in [0, 0.1) is 13.8 Å². The van der Waals surface area contributed by atoms with Gasteiger partial charge in [0.2, 0.25) is 5.91 Å². The summed E-state index contributed by atoms with van der Waals surface area (Å²) in [6.45, 7) is 5.57. The van der Waals surface area contributed by atoms with Gasteiger partial charge in [0.1, 0.15) is 6.54 Å². The topological polar surface area (TPSA) is 66.5 Å². The van der Waals surface area contributed by atoms with Gasteiger partial charge in [0, 0.05) is 0 Å². The molecule has 0 fully saturated rings. The molecule has 0 bridgehead atoms. The van der Waals surface area contributed by atoms with Crippen molar-refractivity contribution in [1.29, 1.82) is 0 Å². The maximum Gasteiger partial charge on any atom is 0.264 e. The number of anilines is 1. The van der Waals surface area contributed by atoms with E-state index in [1.165, 1.54) is 28.3 Å². The van der Waals surface area contributed by atoms with Gasteiger partial charge in [0.25, 0.3) is 10.0 Å². The summed E-state index contributed by atoms with van der Waals surface area (Å²) in [6.07, 6.45) is 5.33. The van der Waals surface area contributed by atoms with Gasteiger partial charge in [-0.25, -0.2) is 8.42 Å². The van der Waals surface area contributed by atoms with Crippen molar-refractivity contribution in [2.45, 2.75) is 63.8 Å². The average Bonchev–Trinajstić information content (AvgIpc) is 2.88. The molecule has 3 aromatic carbocycles. The summed E-state index contributed by atoms with van der Waals surface area (Å²) in [7, 11) is -3.94. The van der Waals surface area contributed by atoms with E-state index in [0.717, 1.165) is 36.0 Å². The van der Waals surface area contributed by atoms with Crippen LogP contribution in [0.1, 0.15) is 60.0 Å². The first-order valence-corrected chi connectivity index (χ1v) is 13.8. The summed E-state index contributed by atoms with van der Waals surface area (Å²) in [4.78, 5) is 13.5. The Balaban J connectivity index is 1.62. The number of benzene rings is 3. The molecule has 0 saturated heterocycles. The molecule has 0 aromatic heterocycles. The molecule has 0 aliphatic heterocycles. The van der Waals surface area contributed by atoms with Crippen LogP contribution in [0.3, 0.4) is 0 Å². The van der Waals surface area contributed by atoms with Crippen molar-refractivity contribution >= 4 is 21.6 Å². The number of nitrogens with zero attached hydrogens (tertiary/aromatic N) is 1. The third-order valence-electron chi connectivity index (χ3n) is 6.98. The fraction of sp³-hybridized carbons (Fsp3) is 0.345. The van der Waals surface area contributed by atoms with Gasteiger partial charge in [-0.2, -0.15) is 0 Å². The van der Waals surface area contributed by atoms with Crippen molar-refractivity contribution < 1.29 is 13.2 Å². The van der Waals surface area contributed by atoms with E-state index in [9.17, 15) is 13.2 Å². The monoisotopic (exact) mass is 490 g/mol. The summed E-state index contributed by atoms with van der Waals surface area (Å²) < 4.78 is 28.6. The number of sulfonamides is 1. The van der Waals surface area contributed by atoms with E-state index in [0.29, 0.717) is 5.69 Å². The lowest BCUT2D eigenvalue weighted by atomic mass is 9.89. The molecule has 0 heterocycles. The highest BCUT2D eigenvalue weighted by atomic mass is 32.2. The highest BCUT2D eigenvalue weighted by Gasteiger charge is 2.29. The molecule has 1 amide bonds. The quantitative estimate of drug-likeness (QED) is 0.444. The SMILES string of the molecule is CCC(NC(=O)CN(c1cccc(C)c1C)S(=O)(=O)c1ccccc1)c1ccc2c(c1)CCCC2. The zero-order chi connectivity index (χ0) is 25.0. The number of nitrogens with one attached hydrogen (secondary N) is 1. The molecule has 1 atom stereocenters. The number of amides is 1. The molecule has 1 unspecified atom stereocenters. The Bertz CT molecular complexity index is 1300. The lowest BCUT2D eigenvalue weighted by Crippen LogP contribution is -2.42. The molecule has 0 spiro atoms. The summed E-state index contributed by atoms with van der Waals surface area (Å²) in [6, 6.07) is 20.1. The van der Waals surface area contributed by atoms with Crippen LogP contribution in [-0.2, 0) is 27.7 Å². The van der Waals surface area contributed by atoms with Gasteiger partial charge >= 0.3 is 0 Å². The Hall–Kier alpha value is -3.12. The van der Waals surface area contributed by atoms with E-state index in [-0.39, 0.29) is 23.4 Å². The summed E-state index contributed by atoms with van der Waals surface area (Å²) in [5.74, 6) is -0.324. The van der Waals surface area contributed by atoms with Crippen LogP contribution in [-0.4, -0.2) is 20.9 Å². The molecule has 5 nitrogen and oxygen atoms in total. The fourth-order valence-electron chi connectivity index (χ4n) is 4.79. The Kier molecular flexibility index (Phi) is 7.60. The van der Waals surface area contributed by atoms with Gasteiger partial charge in [0.05, 0.1) is 16.6 Å². The van der Waals surface area contributed by atoms with E-state index in [4.69, 9.17) is 0 Å². The standard InChI is InChI=1S/C29H34N2O3S/c1-4-27(25-18-17-23-12-8-9-13-24(23)19-25)30-29(32)20-31(28-16-10-11-21(2)22(28)3)35(33,34)26-14-6-5-7-15-26/h5-7,10-11,14-19,27H,4,8-9,12-13,20H2,1-3H3,(H,30,32). The van der Waals surface area contributed by atoms with E-state index >= 15 is 0 Å². The minimum Gasteiger partial charge on any atom is -0.348 e. The van der Waals surface area contributed by atoms with Gasteiger partial charge in [-0.3, -0.25) is 9.10 Å². The summed E-state index contributed by atoms with van der Waals surface area (Å²) in [5, 5.41) is 3.10. The zero-order valence-electron chi connectivity index (χ0n) is 20.8. The molecule has 1 aliphatic carbocycles. The second kappa shape index (κ2) is 10.6. The largest absolute Gasteiger partial charge is 0.348 e. The van der Waals surface area contributed by atoms with E-state index in [1.54, 1.807) is 36.4 Å². The third-order valence-corrected chi connectivity index (χ3v) is 8.76. The molecule has 0 radical (unpaired) electrons. The van der Waals surface area contributed by atoms with E-state index < -0.39 is 10.0 Å². The number of carbonyl (C=O) groups excluding carboxylic acids is 1. The summed E-state index contributed by atoms with van der Waals surface area (Å²) in [5.41, 5.74) is 6.16. The maximum absolute atomic E-state index is 13.7. The van der Waals surface area contributed by atoms with Gasteiger partial charge in [0.15, 0.2) is 0 Å². The van der Waals surface area contributed by atoms with Crippen LogP contribution in [0.25, 0.3) is 0 Å². The molecular weight excluding hydrogens is 456 g/mol.